The van der Waals surface area contributed by atoms with Crippen molar-refractivity contribution < 1.29 is 17.5 Å². The molecule has 0 heterocycles. The zero-order valence-electron chi connectivity index (χ0n) is 17.3. The Morgan fingerprint density at radius 3 is 1.33 bits per heavy atom. The summed E-state index contributed by atoms with van der Waals surface area (Å²) < 4.78 is 41.4. The van der Waals surface area contributed by atoms with Crippen LogP contribution in [0.4, 0.5) is 0 Å². The van der Waals surface area contributed by atoms with Crippen molar-refractivity contribution >= 4 is 65.3 Å². The van der Waals surface area contributed by atoms with Gasteiger partial charge >= 0.3 is 0 Å². The van der Waals surface area contributed by atoms with E-state index in [2.05, 4.69) is 0 Å². The highest BCUT2D eigenvalue weighted by molar-refractivity contribution is 8.78. The molecular weight excluding hydrogens is 497 g/mol. The van der Waals surface area contributed by atoms with Crippen LogP contribution in [-0.2, 0) is 22.2 Å². The van der Waals surface area contributed by atoms with Gasteiger partial charge in [-0.3, -0.25) is 0 Å². The third-order valence-electron chi connectivity index (χ3n) is 8.16. The summed E-state index contributed by atoms with van der Waals surface area (Å²) >= 11 is -3.30. The highest BCUT2D eigenvalue weighted by Crippen LogP contribution is 2.55. The van der Waals surface area contributed by atoms with Gasteiger partial charge < -0.3 is 9.11 Å². The van der Waals surface area contributed by atoms with Crippen LogP contribution in [0.5, 0.6) is 0 Å². The first-order valence-electron chi connectivity index (χ1n) is 11.2. The second kappa shape index (κ2) is 11.8. The van der Waals surface area contributed by atoms with E-state index in [4.69, 9.17) is 0 Å². The third-order valence-corrected chi connectivity index (χ3v) is 14.7. The van der Waals surface area contributed by atoms with E-state index in [-0.39, 0.29) is 0 Å². The highest BCUT2D eigenvalue weighted by atomic mass is 33.1. The fourth-order valence-electron chi connectivity index (χ4n) is 6.87. The molecule has 4 bridgehead atoms. The molecule has 174 valence electrons. The average molecular weight is 531 g/mol. The summed E-state index contributed by atoms with van der Waals surface area (Å²) in [6, 6.07) is 0. The molecule has 4 aliphatic carbocycles. The van der Waals surface area contributed by atoms with Crippen molar-refractivity contribution in [2.24, 2.45) is 47.3 Å². The zero-order valence-corrected chi connectivity index (χ0v) is 22.2. The Balaban J connectivity index is 1.08. The molecule has 0 radical (unpaired) electrons. The molecule has 30 heavy (non-hydrogen) atoms. The van der Waals surface area contributed by atoms with Gasteiger partial charge in [-0.25, -0.2) is 8.42 Å². The molecule has 0 aliphatic heterocycles. The molecule has 4 saturated carbocycles. The maximum atomic E-state index is 11.3. The second-order valence-corrected chi connectivity index (χ2v) is 16.7. The van der Waals surface area contributed by atoms with Crippen molar-refractivity contribution in [3.05, 3.63) is 0 Å². The van der Waals surface area contributed by atoms with Gasteiger partial charge in [-0.05, 0) is 85.9 Å². The van der Waals surface area contributed by atoms with Gasteiger partial charge in [-0.1, -0.05) is 43.2 Å². The lowest BCUT2D eigenvalue weighted by Crippen LogP contribution is -2.28. The van der Waals surface area contributed by atoms with E-state index in [1.807, 2.05) is 43.2 Å². The summed E-state index contributed by atoms with van der Waals surface area (Å²) in [6.45, 7) is 0. The second-order valence-electron chi connectivity index (χ2n) is 9.51. The van der Waals surface area contributed by atoms with E-state index in [9.17, 15) is 17.5 Å². The fourth-order valence-corrected chi connectivity index (χ4v) is 14.3. The van der Waals surface area contributed by atoms with Crippen molar-refractivity contribution in [2.45, 2.75) is 38.5 Å². The predicted octanol–water partition coefficient (Wildman–Crippen LogP) is 5.52. The highest BCUT2D eigenvalue weighted by Gasteiger charge is 2.48. The quantitative estimate of drug-likeness (QED) is 0.183. The first-order chi connectivity index (χ1) is 14.5. The monoisotopic (exact) mass is 530 g/mol. The van der Waals surface area contributed by atoms with Gasteiger partial charge in [-0.15, -0.1) is 0 Å². The maximum Gasteiger partial charge on any atom is 0.153 e. The molecule has 10 heteroatoms. The van der Waals surface area contributed by atoms with Crippen molar-refractivity contribution in [2.75, 3.05) is 34.5 Å². The molecule has 4 rings (SSSR count). The molecule has 4 aliphatic rings. The van der Waals surface area contributed by atoms with Gasteiger partial charge in [0.15, 0.2) is 22.2 Å². The fraction of sp³-hybridized carbons (Fsp3) is 1.00. The van der Waals surface area contributed by atoms with Crippen molar-refractivity contribution in [3.63, 3.8) is 0 Å². The predicted molar refractivity (Wildman–Crippen MR) is 137 cm³/mol. The molecule has 10 atom stereocenters. The summed E-state index contributed by atoms with van der Waals surface area (Å²) in [7, 11) is 7.87. The lowest BCUT2D eigenvalue weighted by molar-refractivity contribution is 0.265. The van der Waals surface area contributed by atoms with Gasteiger partial charge in [0.2, 0.25) is 0 Å². The Kier molecular flexibility index (Phi) is 9.77. The molecule has 0 saturated heterocycles. The molecule has 4 fully saturated rings. The Morgan fingerprint density at radius 2 is 0.967 bits per heavy atom. The Hall–Kier alpha value is 1.62. The van der Waals surface area contributed by atoms with E-state index < -0.39 is 22.2 Å². The van der Waals surface area contributed by atoms with Gasteiger partial charge in [-0.2, -0.15) is 0 Å². The normalized spacial score (nSPS) is 41.5. The number of fused-ring (bicyclic) bond motifs is 4. The molecular formula is C20H34O4S6. The van der Waals surface area contributed by atoms with Crippen LogP contribution in [0, 0.1) is 47.3 Å². The van der Waals surface area contributed by atoms with Crippen molar-refractivity contribution in [1.29, 1.82) is 0 Å². The summed E-state index contributed by atoms with van der Waals surface area (Å²) in [6.07, 6.45) is 7.78. The molecule has 2 unspecified atom stereocenters. The van der Waals surface area contributed by atoms with E-state index in [1.165, 1.54) is 38.5 Å². The van der Waals surface area contributed by atoms with Crippen molar-refractivity contribution in [3.8, 4) is 0 Å². The molecule has 2 N–H and O–H groups in total. The first kappa shape index (κ1) is 24.7. The number of rotatable bonds is 13. The topological polar surface area (TPSA) is 74.6 Å². The van der Waals surface area contributed by atoms with Crippen LogP contribution in [0.1, 0.15) is 38.5 Å². The van der Waals surface area contributed by atoms with Crippen LogP contribution in [0.2, 0.25) is 0 Å². The zero-order chi connectivity index (χ0) is 21.1. The van der Waals surface area contributed by atoms with Crippen LogP contribution in [0.15, 0.2) is 0 Å². The van der Waals surface area contributed by atoms with Gasteiger partial charge in [0.05, 0.1) is 11.5 Å². The summed E-state index contributed by atoms with van der Waals surface area (Å²) in [4.78, 5) is 0. The van der Waals surface area contributed by atoms with E-state index in [0.717, 1.165) is 34.8 Å². The van der Waals surface area contributed by atoms with Gasteiger partial charge in [0.25, 0.3) is 0 Å². The summed E-state index contributed by atoms with van der Waals surface area (Å²) in [5.41, 5.74) is 0. The Labute approximate surface area is 202 Å². The minimum atomic E-state index is -1.65. The third kappa shape index (κ3) is 6.19. The maximum absolute atomic E-state index is 11.3. The summed E-state index contributed by atoms with van der Waals surface area (Å²) in [5, 5.41) is 0. The van der Waals surface area contributed by atoms with Crippen molar-refractivity contribution in [1.82, 2.24) is 0 Å². The number of hydrogen-bond donors (Lipinski definition) is 2. The van der Waals surface area contributed by atoms with Gasteiger partial charge in [0, 0.05) is 23.0 Å². The Morgan fingerprint density at radius 1 is 0.600 bits per heavy atom. The minimum absolute atomic E-state index is 0.468. The molecule has 4 nitrogen and oxygen atoms in total. The molecule has 0 aromatic heterocycles. The molecule has 0 amide bonds. The van der Waals surface area contributed by atoms with Crippen LogP contribution < -0.4 is 0 Å². The van der Waals surface area contributed by atoms with Gasteiger partial charge in [0.1, 0.15) is 0 Å². The largest absolute Gasteiger partial charge is 0.306 e. The van der Waals surface area contributed by atoms with Crippen LogP contribution in [0.3, 0.4) is 0 Å². The first-order valence-corrected chi connectivity index (χ1v) is 18.7. The minimum Gasteiger partial charge on any atom is -0.306 e. The lowest BCUT2D eigenvalue weighted by atomic mass is 9.81. The number of hydrogen-bond acceptors (Lipinski definition) is 6. The van der Waals surface area contributed by atoms with Crippen LogP contribution in [-0.4, -0.2) is 52.0 Å². The average Bonchev–Trinajstić information content (AvgIpc) is 3.46. The van der Waals surface area contributed by atoms with E-state index in [1.54, 1.807) is 0 Å². The van der Waals surface area contributed by atoms with Crippen LogP contribution in [0.25, 0.3) is 0 Å². The van der Waals surface area contributed by atoms with E-state index >= 15 is 0 Å². The SMILES string of the molecule is O=S(O)C[C@@H]1[C@@H]2CC[C@@H](C2)[C@H]1CSSCCSSC[C@@H]1[C@H]2CC[C@H](C2)[C@H]1CS(=O)O. The lowest BCUT2D eigenvalue weighted by Gasteiger charge is -2.30. The smallest absolute Gasteiger partial charge is 0.153 e. The van der Waals surface area contributed by atoms with E-state index in [0.29, 0.717) is 47.0 Å². The molecule has 0 aromatic carbocycles. The Bertz CT molecular complexity index is 570. The van der Waals surface area contributed by atoms with Crippen LogP contribution >= 0.6 is 43.2 Å². The molecule has 0 aromatic rings. The molecule has 0 spiro atoms. The standard InChI is InChI=1S/C20H34O4S6/c21-29(22)11-19-15-3-1-13(7-15)17(19)9-27-25-5-6-26-28-10-18-14-2-4-16(8-14)20(18)12-30(23)24/h13-20H,1-12H2,(H,21,22)(H,23,24)/t13-,14-,15+,16+,17+,18+,19+,20+/m0/s1. The summed E-state index contributed by atoms with van der Waals surface area (Å²) in [5.74, 6) is 10.7.